The van der Waals surface area contributed by atoms with Gasteiger partial charge in [0.15, 0.2) is 11.6 Å². The van der Waals surface area contributed by atoms with Crippen LogP contribution in [0.3, 0.4) is 0 Å². The van der Waals surface area contributed by atoms with E-state index in [1.807, 2.05) is 13.8 Å². The Kier molecular flexibility index (Phi) is 4.62. The highest BCUT2D eigenvalue weighted by Gasteiger charge is 2.33. The topological polar surface area (TPSA) is 67.6 Å². The van der Waals surface area contributed by atoms with E-state index < -0.39 is 17.7 Å². The minimum atomic E-state index is -1.04. The van der Waals surface area contributed by atoms with Crippen molar-refractivity contribution in [3.63, 3.8) is 0 Å². The molecular formula is C14H19F2N3O2. The highest BCUT2D eigenvalue weighted by Crippen LogP contribution is 2.31. The molecule has 7 heteroatoms. The Bertz CT molecular complexity index is 537. The Labute approximate surface area is 122 Å². The molecule has 1 atom stereocenters. The fourth-order valence-electron chi connectivity index (χ4n) is 2.32. The number of halogens is 2. The SMILES string of the molecule is CC(C)NC(=O)C1COCCN1c1c(N)ccc(F)c1F. The van der Waals surface area contributed by atoms with Crippen molar-refractivity contribution in [2.45, 2.75) is 25.9 Å². The molecule has 21 heavy (non-hydrogen) atoms. The Morgan fingerprint density at radius 3 is 2.86 bits per heavy atom. The number of carbonyl (C=O) groups is 1. The zero-order valence-corrected chi connectivity index (χ0v) is 12.0. The largest absolute Gasteiger partial charge is 0.397 e. The van der Waals surface area contributed by atoms with Gasteiger partial charge in [-0.1, -0.05) is 0 Å². The second kappa shape index (κ2) is 6.26. The number of nitrogens with zero attached hydrogens (tertiary/aromatic N) is 1. The van der Waals surface area contributed by atoms with Gasteiger partial charge in [-0.05, 0) is 26.0 Å². The zero-order valence-electron chi connectivity index (χ0n) is 12.0. The number of anilines is 2. The quantitative estimate of drug-likeness (QED) is 0.825. The van der Waals surface area contributed by atoms with Gasteiger partial charge >= 0.3 is 0 Å². The van der Waals surface area contributed by atoms with Crippen LogP contribution in [-0.2, 0) is 9.53 Å². The number of hydrogen-bond acceptors (Lipinski definition) is 4. The standard InChI is InChI=1S/C14H19F2N3O2/c1-8(2)18-14(20)11-7-21-6-5-19(11)13-10(17)4-3-9(15)12(13)16/h3-4,8,11H,5-7,17H2,1-2H3,(H,18,20). The van der Waals surface area contributed by atoms with Crippen LogP contribution < -0.4 is 16.0 Å². The average Bonchev–Trinajstić information content (AvgIpc) is 2.43. The van der Waals surface area contributed by atoms with E-state index in [-0.39, 0.29) is 36.5 Å². The van der Waals surface area contributed by atoms with Crippen LogP contribution in [0.4, 0.5) is 20.2 Å². The molecule has 0 bridgehead atoms. The predicted molar refractivity (Wildman–Crippen MR) is 76.0 cm³/mol. The smallest absolute Gasteiger partial charge is 0.245 e. The van der Waals surface area contributed by atoms with Gasteiger partial charge in [-0.2, -0.15) is 0 Å². The number of hydrogen-bond donors (Lipinski definition) is 2. The first-order valence-electron chi connectivity index (χ1n) is 6.80. The highest BCUT2D eigenvalue weighted by atomic mass is 19.2. The molecule has 1 aliphatic heterocycles. The molecule has 1 aromatic carbocycles. The van der Waals surface area contributed by atoms with Gasteiger partial charge in [0.1, 0.15) is 11.7 Å². The summed E-state index contributed by atoms with van der Waals surface area (Å²) < 4.78 is 32.8. The lowest BCUT2D eigenvalue weighted by atomic mass is 10.1. The van der Waals surface area contributed by atoms with E-state index in [0.29, 0.717) is 6.61 Å². The van der Waals surface area contributed by atoms with E-state index in [0.717, 1.165) is 6.07 Å². The van der Waals surface area contributed by atoms with E-state index >= 15 is 0 Å². The van der Waals surface area contributed by atoms with Crippen LogP contribution >= 0.6 is 0 Å². The molecule has 1 heterocycles. The van der Waals surface area contributed by atoms with E-state index in [2.05, 4.69) is 5.32 Å². The van der Waals surface area contributed by atoms with E-state index in [9.17, 15) is 13.6 Å². The summed E-state index contributed by atoms with van der Waals surface area (Å²) in [5, 5.41) is 2.75. The average molecular weight is 299 g/mol. The van der Waals surface area contributed by atoms with Crippen molar-refractivity contribution in [1.29, 1.82) is 0 Å². The second-order valence-electron chi connectivity index (χ2n) is 5.25. The number of ether oxygens (including phenoxy) is 1. The molecule has 1 amide bonds. The lowest BCUT2D eigenvalue weighted by molar-refractivity contribution is -0.125. The molecule has 1 fully saturated rings. The molecule has 0 saturated carbocycles. The van der Waals surface area contributed by atoms with Gasteiger partial charge in [0.05, 0.1) is 18.9 Å². The summed E-state index contributed by atoms with van der Waals surface area (Å²) in [7, 11) is 0. The Balaban J connectivity index is 2.35. The van der Waals surface area contributed by atoms with Crippen molar-refractivity contribution >= 4 is 17.3 Å². The predicted octanol–water partition coefficient (Wildman–Crippen LogP) is 1.28. The number of rotatable bonds is 3. The Morgan fingerprint density at radius 2 is 2.19 bits per heavy atom. The summed E-state index contributed by atoms with van der Waals surface area (Å²) in [6.45, 7) is 4.33. The van der Waals surface area contributed by atoms with E-state index in [1.54, 1.807) is 0 Å². The maximum Gasteiger partial charge on any atom is 0.245 e. The lowest BCUT2D eigenvalue weighted by Gasteiger charge is -2.37. The molecule has 0 aliphatic carbocycles. The number of nitrogens with two attached hydrogens (primary N) is 1. The van der Waals surface area contributed by atoms with Crippen molar-refractivity contribution in [3.8, 4) is 0 Å². The summed E-state index contributed by atoms with van der Waals surface area (Å²) in [6.07, 6.45) is 0. The second-order valence-corrected chi connectivity index (χ2v) is 5.25. The number of benzene rings is 1. The molecule has 3 N–H and O–H groups in total. The molecule has 5 nitrogen and oxygen atoms in total. The third-order valence-corrected chi connectivity index (χ3v) is 3.25. The summed E-state index contributed by atoms with van der Waals surface area (Å²) in [5.74, 6) is -2.33. The van der Waals surface area contributed by atoms with Gasteiger partial charge in [0, 0.05) is 12.6 Å². The molecule has 0 radical (unpaired) electrons. The maximum absolute atomic E-state index is 14.1. The third-order valence-electron chi connectivity index (χ3n) is 3.25. The summed E-state index contributed by atoms with van der Waals surface area (Å²) in [6, 6.07) is 1.47. The van der Waals surface area contributed by atoms with Crippen LogP contribution in [0.25, 0.3) is 0 Å². The number of carbonyl (C=O) groups excluding carboxylic acids is 1. The molecule has 1 aromatic rings. The first-order valence-corrected chi connectivity index (χ1v) is 6.80. The minimum absolute atomic E-state index is 0.0593. The van der Waals surface area contributed by atoms with E-state index in [4.69, 9.17) is 10.5 Å². The first-order chi connectivity index (χ1) is 9.91. The van der Waals surface area contributed by atoms with Crippen molar-refractivity contribution in [3.05, 3.63) is 23.8 Å². The van der Waals surface area contributed by atoms with Gasteiger partial charge in [-0.15, -0.1) is 0 Å². The third kappa shape index (κ3) is 3.24. The fraction of sp³-hybridized carbons (Fsp3) is 0.500. The molecule has 1 aliphatic rings. The summed E-state index contributed by atoms with van der Waals surface area (Å²) >= 11 is 0. The van der Waals surface area contributed by atoms with Crippen molar-refractivity contribution in [2.24, 2.45) is 0 Å². The summed E-state index contributed by atoms with van der Waals surface area (Å²) in [4.78, 5) is 13.7. The van der Waals surface area contributed by atoms with Gasteiger partial charge in [0.25, 0.3) is 0 Å². The normalized spacial score (nSPS) is 18.9. The van der Waals surface area contributed by atoms with Crippen LogP contribution in [-0.4, -0.2) is 37.7 Å². The number of nitrogens with one attached hydrogen (secondary N) is 1. The molecule has 2 rings (SSSR count). The molecule has 0 aromatic heterocycles. The molecule has 1 unspecified atom stereocenters. The van der Waals surface area contributed by atoms with Crippen LogP contribution in [0.1, 0.15) is 13.8 Å². The molecule has 116 valence electrons. The van der Waals surface area contributed by atoms with Crippen LogP contribution in [0.2, 0.25) is 0 Å². The summed E-state index contributed by atoms with van der Waals surface area (Å²) in [5.41, 5.74) is 5.78. The zero-order chi connectivity index (χ0) is 15.6. The fourth-order valence-corrected chi connectivity index (χ4v) is 2.32. The van der Waals surface area contributed by atoms with Crippen LogP contribution in [0.5, 0.6) is 0 Å². The highest BCUT2D eigenvalue weighted by molar-refractivity contribution is 5.87. The van der Waals surface area contributed by atoms with Crippen molar-refractivity contribution < 1.29 is 18.3 Å². The van der Waals surface area contributed by atoms with Crippen LogP contribution in [0, 0.1) is 11.6 Å². The van der Waals surface area contributed by atoms with Gasteiger partial charge in [-0.3, -0.25) is 4.79 Å². The van der Waals surface area contributed by atoms with E-state index in [1.165, 1.54) is 11.0 Å². The monoisotopic (exact) mass is 299 g/mol. The minimum Gasteiger partial charge on any atom is -0.397 e. The first kappa shape index (κ1) is 15.5. The van der Waals surface area contributed by atoms with Gasteiger partial charge in [0.2, 0.25) is 5.91 Å². The van der Waals surface area contributed by atoms with Crippen molar-refractivity contribution in [1.82, 2.24) is 5.32 Å². The molecule has 0 spiro atoms. The maximum atomic E-state index is 14.1. The number of morpholine rings is 1. The molecule has 1 saturated heterocycles. The van der Waals surface area contributed by atoms with Crippen LogP contribution in [0.15, 0.2) is 12.1 Å². The lowest BCUT2D eigenvalue weighted by Crippen LogP contribution is -2.55. The Hall–Kier alpha value is -1.89. The molecular weight excluding hydrogens is 280 g/mol. The van der Waals surface area contributed by atoms with Gasteiger partial charge < -0.3 is 20.7 Å². The van der Waals surface area contributed by atoms with Crippen molar-refractivity contribution in [2.75, 3.05) is 30.4 Å². The van der Waals surface area contributed by atoms with Gasteiger partial charge in [-0.25, -0.2) is 8.78 Å². The number of amides is 1. The number of nitrogen functional groups attached to an aromatic ring is 1. The Morgan fingerprint density at radius 1 is 1.48 bits per heavy atom.